The highest BCUT2D eigenvalue weighted by atomic mass is 32.2. The number of thiazole rings is 1. The van der Waals surface area contributed by atoms with Crippen LogP contribution in [0.2, 0.25) is 0 Å². The number of hydrogen-bond acceptors (Lipinski definition) is 6. The Balaban J connectivity index is 2.16. The summed E-state index contributed by atoms with van der Waals surface area (Å²) in [6, 6.07) is 0. The highest BCUT2D eigenvalue weighted by Gasteiger charge is 2.26. The minimum atomic E-state index is -0.885. The quantitative estimate of drug-likeness (QED) is 0.886. The van der Waals surface area contributed by atoms with Gasteiger partial charge in [0.2, 0.25) is 11.0 Å². The average molecular weight is 299 g/mol. The van der Waals surface area contributed by atoms with Crippen LogP contribution in [0.1, 0.15) is 31.9 Å². The maximum Gasteiger partial charge on any atom is 0.312 e. The smallest absolute Gasteiger partial charge is 0.312 e. The molecule has 8 heteroatoms. The molecule has 0 aliphatic carbocycles. The van der Waals surface area contributed by atoms with Gasteiger partial charge in [0.05, 0.1) is 16.9 Å². The Labute approximate surface area is 118 Å². The second-order valence-corrected chi connectivity index (χ2v) is 6.19. The van der Waals surface area contributed by atoms with Gasteiger partial charge in [0.1, 0.15) is 0 Å². The fourth-order valence-corrected chi connectivity index (χ4v) is 3.20. The lowest BCUT2D eigenvalue weighted by atomic mass is 10.0. The third kappa shape index (κ3) is 3.13. The molecule has 6 nitrogen and oxygen atoms in total. The second-order valence-electron chi connectivity index (χ2n) is 4.02. The summed E-state index contributed by atoms with van der Waals surface area (Å²) in [4.78, 5) is 30.8. The van der Waals surface area contributed by atoms with Crippen LogP contribution in [0.4, 0.5) is 5.13 Å². The van der Waals surface area contributed by atoms with Crippen molar-refractivity contribution in [3.63, 3.8) is 0 Å². The Bertz CT molecular complexity index is 541. The van der Waals surface area contributed by atoms with E-state index in [9.17, 15) is 9.59 Å². The monoisotopic (exact) mass is 299 g/mol. The van der Waals surface area contributed by atoms with Gasteiger partial charge in [-0.15, -0.1) is 11.3 Å². The highest BCUT2D eigenvalue weighted by Crippen LogP contribution is 2.28. The number of nitrogens with zero attached hydrogens (tertiary/aromatic N) is 2. The minimum absolute atomic E-state index is 0.0718. The lowest BCUT2D eigenvalue weighted by Crippen LogP contribution is -2.23. The number of amidine groups is 1. The van der Waals surface area contributed by atoms with E-state index in [1.54, 1.807) is 19.2 Å². The number of hydrogen-bond donors (Lipinski definition) is 2. The van der Waals surface area contributed by atoms with Crippen LogP contribution in [0.3, 0.4) is 0 Å². The fraction of sp³-hybridized carbons (Fsp3) is 0.455. The molecule has 2 unspecified atom stereocenters. The first-order valence-electron chi connectivity index (χ1n) is 5.75. The third-order valence-electron chi connectivity index (χ3n) is 2.66. The van der Waals surface area contributed by atoms with Crippen LogP contribution in [0.25, 0.3) is 0 Å². The zero-order chi connectivity index (χ0) is 14.0. The molecule has 1 aromatic rings. The van der Waals surface area contributed by atoms with Gasteiger partial charge in [0.15, 0.2) is 5.17 Å². The Morgan fingerprint density at radius 3 is 2.95 bits per heavy atom. The first-order valence-corrected chi connectivity index (χ1v) is 7.51. The molecule has 2 heterocycles. The van der Waals surface area contributed by atoms with Gasteiger partial charge in [-0.1, -0.05) is 18.7 Å². The van der Waals surface area contributed by atoms with Gasteiger partial charge in [-0.25, -0.2) is 4.98 Å². The Morgan fingerprint density at radius 1 is 1.68 bits per heavy atom. The molecule has 1 saturated heterocycles. The van der Waals surface area contributed by atoms with Crippen molar-refractivity contribution in [2.45, 2.75) is 31.4 Å². The summed E-state index contributed by atoms with van der Waals surface area (Å²) in [5, 5.41) is 14.2. The summed E-state index contributed by atoms with van der Waals surface area (Å²) in [6.45, 7) is 3.60. The molecule has 19 heavy (non-hydrogen) atoms. The van der Waals surface area contributed by atoms with Crippen molar-refractivity contribution in [2.24, 2.45) is 4.99 Å². The predicted octanol–water partition coefficient (Wildman–Crippen LogP) is 1.96. The van der Waals surface area contributed by atoms with Crippen molar-refractivity contribution in [1.82, 2.24) is 10.3 Å². The molecule has 1 aromatic heterocycles. The number of carboxylic acids is 1. The van der Waals surface area contributed by atoms with E-state index < -0.39 is 11.9 Å². The number of carbonyl (C=O) groups is 2. The van der Waals surface area contributed by atoms with Crippen LogP contribution in [-0.2, 0) is 9.59 Å². The largest absolute Gasteiger partial charge is 0.481 e. The molecule has 2 atom stereocenters. The number of aliphatic imine (C=N–C) groups is 1. The number of amides is 1. The van der Waals surface area contributed by atoms with Crippen molar-refractivity contribution in [3.8, 4) is 0 Å². The molecule has 1 amide bonds. The van der Waals surface area contributed by atoms with Gasteiger partial charge < -0.3 is 10.4 Å². The Kier molecular flexibility index (Phi) is 4.20. The number of rotatable bonds is 4. The van der Waals surface area contributed by atoms with Gasteiger partial charge in [-0.2, -0.15) is 4.99 Å². The van der Waals surface area contributed by atoms with Crippen molar-refractivity contribution in [3.05, 3.63) is 11.1 Å². The standard InChI is InChI=1S/C11H13N3O3S2/c1-3-6(9(16)17)7-4-18-10(12-7)14-11-13-8(15)5(2)19-11/h4-6H,3H2,1-2H3,(H,16,17)(H,12,13,14,15). The molecule has 0 saturated carbocycles. The number of carboxylic acid groups (broad SMARTS) is 1. The first kappa shape index (κ1) is 14.0. The summed E-state index contributed by atoms with van der Waals surface area (Å²) in [5.41, 5.74) is 0.515. The zero-order valence-corrected chi connectivity index (χ0v) is 12.0. The molecule has 1 fully saturated rings. The molecule has 1 aliphatic heterocycles. The third-order valence-corrected chi connectivity index (χ3v) is 4.40. The van der Waals surface area contributed by atoms with Gasteiger partial charge in [0, 0.05) is 5.38 Å². The Hall–Kier alpha value is -1.41. The van der Waals surface area contributed by atoms with Crippen molar-refractivity contribution >= 4 is 45.3 Å². The highest BCUT2D eigenvalue weighted by molar-refractivity contribution is 8.15. The molecular weight excluding hydrogens is 286 g/mol. The van der Waals surface area contributed by atoms with Gasteiger partial charge in [0.25, 0.3) is 0 Å². The van der Waals surface area contributed by atoms with E-state index in [-0.39, 0.29) is 11.2 Å². The van der Waals surface area contributed by atoms with E-state index in [4.69, 9.17) is 5.11 Å². The summed E-state index contributed by atoms with van der Waals surface area (Å²) < 4.78 is 0. The maximum atomic E-state index is 11.3. The molecule has 102 valence electrons. The number of nitrogens with one attached hydrogen (secondary N) is 1. The summed E-state index contributed by atoms with van der Waals surface area (Å²) in [6.07, 6.45) is 0.484. The SMILES string of the molecule is CCC(C(=O)O)c1csc(N=C2NC(=O)C(C)S2)n1. The Morgan fingerprint density at radius 2 is 2.42 bits per heavy atom. The number of aromatic nitrogens is 1. The maximum absolute atomic E-state index is 11.3. The van der Waals surface area contributed by atoms with Crippen LogP contribution in [0, 0.1) is 0 Å². The lowest BCUT2D eigenvalue weighted by molar-refractivity contribution is -0.139. The second kappa shape index (κ2) is 5.70. The van der Waals surface area contributed by atoms with Crippen LogP contribution in [0.5, 0.6) is 0 Å². The molecular formula is C11H13N3O3S2. The summed E-state index contributed by atoms with van der Waals surface area (Å²) in [5.74, 6) is -1.56. The van der Waals surface area contributed by atoms with Crippen molar-refractivity contribution in [1.29, 1.82) is 0 Å². The van der Waals surface area contributed by atoms with Crippen molar-refractivity contribution in [2.75, 3.05) is 0 Å². The van der Waals surface area contributed by atoms with Crippen LogP contribution >= 0.6 is 23.1 Å². The molecule has 0 spiro atoms. The van der Waals surface area contributed by atoms with Crippen LogP contribution in [-0.4, -0.2) is 32.4 Å². The lowest BCUT2D eigenvalue weighted by Gasteiger charge is -2.04. The van der Waals surface area contributed by atoms with Gasteiger partial charge in [-0.3, -0.25) is 9.59 Å². The van der Waals surface area contributed by atoms with E-state index in [0.717, 1.165) is 0 Å². The van der Waals surface area contributed by atoms with Crippen LogP contribution in [0.15, 0.2) is 10.4 Å². The predicted molar refractivity (Wildman–Crippen MR) is 75.1 cm³/mol. The van der Waals surface area contributed by atoms with E-state index in [2.05, 4.69) is 15.3 Å². The molecule has 0 bridgehead atoms. The molecule has 0 aromatic carbocycles. The fourth-order valence-electron chi connectivity index (χ4n) is 1.60. The van der Waals surface area contributed by atoms with E-state index in [0.29, 0.717) is 22.4 Å². The normalized spacial score (nSPS) is 22.5. The minimum Gasteiger partial charge on any atom is -0.481 e. The van der Waals surface area contributed by atoms with Crippen LogP contribution < -0.4 is 5.32 Å². The molecule has 1 aliphatic rings. The number of aliphatic carboxylic acids is 1. The van der Waals surface area contributed by atoms with Gasteiger partial charge >= 0.3 is 5.97 Å². The first-order chi connectivity index (χ1) is 9.01. The molecule has 2 rings (SSSR count). The summed E-state index contributed by atoms with van der Waals surface area (Å²) in [7, 11) is 0. The average Bonchev–Trinajstić information content (AvgIpc) is 2.88. The van der Waals surface area contributed by atoms with E-state index in [1.807, 2.05) is 0 Å². The van der Waals surface area contributed by atoms with E-state index in [1.165, 1.54) is 23.1 Å². The van der Waals surface area contributed by atoms with Crippen molar-refractivity contribution < 1.29 is 14.7 Å². The summed E-state index contributed by atoms with van der Waals surface area (Å²) >= 11 is 2.61. The molecule has 0 radical (unpaired) electrons. The van der Waals surface area contributed by atoms with Gasteiger partial charge in [-0.05, 0) is 13.3 Å². The zero-order valence-electron chi connectivity index (χ0n) is 10.4. The number of carbonyl (C=O) groups excluding carboxylic acids is 1. The number of thioether (sulfide) groups is 1. The molecule has 2 N–H and O–H groups in total. The topological polar surface area (TPSA) is 91.6 Å². The van der Waals surface area contributed by atoms with E-state index >= 15 is 0 Å².